The third-order valence-corrected chi connectivity index (χ3v) is 3.53. The molecule has 0 aromatic heterocycles. The van der Waals surface area contributed by atoms with Gasteiger partial charge in [-0.15, -0.1) is 0 Å². The summed E-state index contributed by atoms with van der Waals surface area (Å²) in [7, 11) is 1.25. The van der Waals surface area contributed by atoms with E-state index in [0.717, 1.165) is 0 Å². The molecule has 0 saturated heterocycles. The number of carbonyl (C=O) groups is 3. The van der Waals surface area contributed by atoms with E-state index in [9.17, 15) is 19.5 Å². The van der Waals surface area contributed by atoms with Crippen molar-refractivity contribution in [3.05, 3.63) is 29.3 Å². The average molecular weight is 292 g/mol. The number of nitrogens with zero attached hydrogens (tertiary/aromatic N) is 1. The summed E-state index contributed by atoms with van der Waals surface area (Å²) in [5.74, 6) is -1.55. The zero-order chi connectivity index (χ0) is 15.6. The Kier molecular flexibility index (Phi) is 4.11. The number of methoxy groups -OCH3 is 1. The number of phenolic OH excluding ortho intramolecular Hbond substituents is 1. The summed E-state index contributed by atoms with van der Waals surface area (Å²) >= 11 is 0. The highest BCUT2D eigenvalue weighted by molar-refractivity contribution is 6.01. The predicted molar refractivity (Wildman–Crippen MR) is 72.2 cm³/mol. The van der Waals surface area contributed by atoms with Gasteiger partial charge in [0.1, 0.15) is 11.8 Å². The molecule has 21 heavy (non-hydrogen) atoms. The van der Waals surface area contributed by atoms with Crippen LogP contribution in [0.1, 0.15) is 28.8 Å². The second-order valence-electron chi connectivity index (χ2n) is 4.77. The van der Waals surface area contributed by atoms with Crippen LogP contribution in [0.25, 0.3) is 0 Å². The maximum absolute atomic E-state index is 12.3. The number of phenols is 1. The van der Waals surface area contributed by atoms with E-state index in [2.05, 4.69) is 4.74 Å². The molecule has 0 unspecified atom stereocenters. The van der Waals surface area contributed by atoms with Crippen molar-refractivity contribution in [2.45, 2.75) is 25.4 Å². The normalized spacial score (nSPS) is 14.7. The Labute approximate surface area is 121 Å². The zero-order valence-corrected chi connectivity index (χ0v) is 11.5. The summed E-state index contributed by atoms with van der Waals surface area (Å²) in [4.78, 5) is 36.3. The van der Waals surface area contributed by atoms with Crippen molar-refractivity contribution >= 4 is 17.8 Å². The van der Waals surface area contributed by atoms with Gasteiger partial charge in [0.05, 0.1) is 13.7 Å². The van der Waals surface area contributed by atoms with Crippen LogP contribution >= 0.6 is 0 Å². The lowest BCUT2D eigenvalue weighted by molar-refractivity contribution is -0.141. The molecule has 3 N–H and O–H groups in total. The highest BCUT2D eigenvalue weighted by Gasteiger charge is 2.36. The number of amides is 2. The molecule has 0 spiro atoms. The monoisotopic (exact) mass is 292 g/mol. The van der Waals surface area contributed by atoms with Crippen molar-refractivity contribution in [1.29, 1.82) is 0 Å². The van der Waals surface area contributed by atoms with Crippen molar-refractivity contribution < 1.29 is 24.2 Å². The summed E-state index contributed by atoms with van der Waals surface area (Å²) in [6.07, 6.45) is 0.0682. The molecule has 0 aliphatic carbocycles. The molecule has 1 heterocycles. The maximum atomic E-state index is 12.3. The van der Waals surface area contributed by atoms with Crippen molar-refractivity contribution in [2.24, 2.45) is 5.73 Å². The van der Waals surface area contributed by atoms with E-state index in [1.54, 1.807) is 12.1 Å². The second-order valence-corrected chi connectivity index (χ2v) is 4.77. The fraction of sp³-hybridized carbons (Fsp3) is 0.357. The van der Waals surface area contributed by atoms with Crippen LogP contribution in [0.2, 0.25) is 0 Å². The Morgan fingerprint density at radius 3 is 2.76 bits per heavy atom. The quantitative estimate of drug-likeness (QED) is 0.751. The van der Waals surface area contributed by atoms with E-state index in [4.69, 9.17) is 5.73 Å². The lowest BCUT2D eigenvalue weighted by Gasteiger charge is -2.24. The van der Waals surface area contributed by atoms with Gasteiger partial charge < -0.3 is 20.5 Å². The molecule has 1 aromatic rings. The summed E-state index contributed by atoms with van der Waals surface area (Å²) in [5.41, 5.74) is 6.14. The minimum absolute atomic E-state index is 0.000427. The van der Waals surface area contributed by atoms with Crippen LogP contribution in [0, 0.1) is 0 Å². The van der Waals surface area contributed by atoms with Crippen molar-refractivity contribution in [2.75, 3.05) is 7.11 Å². The maximum Gasteiger partial charge on any atom is 0.305 e. The molecule has 2 rings (SSSR count). The van der Waals surface area contributed by atoms with Gasteiger partial charge in [0.15, 0.2) is 0 Å². The Morgan fingerprint density at radius 1 is 1.48 bits per heavy atom. The van der Waals surface area contributed by atoms with Gasteiger partial charge >= 0.3 is 5.97 Å². The summed E-state index contributed by atoms with van der Waals surface area (Å²) < 4.78 is 4.52. The Bertz CT molecular complexity index is 599. The largest absolute Gasteiger partial charge is 0.508 e. The number of carbonyl (C=O) groups excluding carboxylic acids is 3. The van der Waals surface area contributed by atoms with Crippen molar-refractivity contribution in [1.82, 2.24) is 4.90 Å². The lowest BCUT2D eigenvalue weighted by atomic mass is 10.1. The number of nitrogens with two attached hydrogens (primary N) is 1. The Hall–Kier alpha value is -2.57. The lowest BCUT2D eigenvalue weighted by Crippen LogP contribution is -2.45. The predicted octanol–water partition coefficient (Wildman–Crippen LogP) is 0.155. The molecule has 0 fully saturated rings. The average Bonchev–Trinajstić information content (AvgIpc) is 2.78. The van der Waals surface area contributed by atoms with Gasteiger partial charge in [0.2, 0.25) is 5.91 Å². The highest BCUT2D eigenvalue weighted by atomic mass is 16.5. The molecule has 1 aliphatic heterocycles. The van der Waals surface area contributed by atoms with Gasteiger partial charge in [-0.25, -0.2) is 0 Å². The number of hydrogen-bond acceptors (Lipinski definition) is 5. The second kappa shape index (κ2) is 5.82. The van der Waals surface area contributed by atoms with E-state index < -0.39 is 17.9 Å². The molecule has 1 aliphatic rings. The fourth-order valence-electron chi connectivity index (χ4n) is 2.40. The molecule has 0 radical (unpaired) electrons. The SMILES string of the molecule is COC(=O)CC[C@H](C(N)=O)N1Cc2c(O)cccc2C1=O. The van der Waals surface area contributed by atoms with Crippen LogP contribution in [0.5, 0.6) is 5.75 Å². The number of rotatable bonds is 5. The number of esters is 1. The third kappa shape index (κ3) is 2.81. The highest BCUT2D eigenvalue weighted by Crippen LogP contribution is 2.31. The van der Waals surface area contributed by atoms with Gasteiger partial charge in [0, 0.05) is 17.5 Å². The summed E-state index contributed by atoms with van der Waals surface area (Å²) in [5, 5.41) is 9.77. The number of fused-ring (bicyclic) bond motifs is 1. The standard InChI is InChI=1S/C14H16N2O5/c1-21-12(18)6-5-10(13(15)19)16-7-9-8(14(16)20)3-2-4-11(9)17/h2-4,10,17H,5-7H2,1H3,(H2,15,19)/t10-/m1/s1. The number of primary amides is 1. The van der Waals surface area contributed by atoms with E-state index in [0.29, 0.717) is 11.1 Å². The molecular formula is C14H16N2O5. The third-order valence-electron chi connectivity index (χ3n) is 3.53. The van der Waals surface area contributed by atoms with Crippen LogP contribution < -0.4 is 5.73 Å². The van der Waals surface area contributed by atoms with Crippen LogP contribution in [0.15, 0.2) is 18.2 Å². The first kappa shape index (κ1) is 14.8. The van der Waals surface area contributed by atoms with Crippen LogP contribution in [-0.2, 0) is 20.9 Å². The van der Waals surface area contributed by atoms with Gasteiger partial charge in [0.25, 0.3) is 5.91 Å². The number of benzene rings is 1. The van der Waals surface area contributed by atoms with Crippen LogP contribution in [-0.4, -0.2) is 40.9 Å². The molecule has 7 heteroatoms. The number of aromatic hydroxyl groups is 1. The summed E-state index contributed by atoms with van der Waals surface area (Å²) in [6.45, 7) is 0.0929. The fourth-order valence-corrected chi connectivity index (χ4v) is 2.40. The molecule has 112 valence electrons. The molecule has 1 atom stereocenters. The van der Waals surface area contributed by atoms with E-state index in [1.807, 2.05) is 0 Å². The van der Waals surface area contributed by atoms with Gasteiger partial charge in [-0.05, 0) is 18.6 Å². The minimum Gasteiger partial charge on any atom is -0.508 e. The first-order valence-corrected chi connectivity index (χ1v) is 6.43. The molecular weight excluding hydrogens is 276 g/mol. The Balaban J connectivity index is 2.20. The van der Waals surface area contributed by atoms with Crippen molar-refractivity contribution in [3.63, 3.8) is 0 Å². The Morgan fingerprint density at radius 2 is 2.19 bits per heavy atom. The first-order valence-electron chi connectivity index (χ1n) is 6.43. The van der Waals surface area contributed by atoms with E-state index >= 15 is 0 Å². The van der Waals surface area contributed by atoms with Gasteiger partial charge in [-0.3, -0.25) is 14.4 Å². The van der Waals surface area contributed by atoms with Gasteiger partial charge in [-0.1, -0.05) is 6.07 Å². The van der Waals surface area contributed by atoms with Crippen molar-refractivity contribution in [3.8, 4) is 5.75 Å². The number of ether oxygens (including phenoxy) is 1. The zero-order valence-electron chi connectivity index (χ0n) is 11.5. The van der Waals surface area contributed by atoms with E-state index in [-0.39, 0.29) is 31.0 Å². The molecule has 7 nitrogen and oxygen atoms in total. The minimum atomic E-state index is -0.914. The first-order chi connectivity index (χ1) is 9.95. The molecule has 0 bridgehead atoms. The van der Waals surface area contributed by atoms with Crippen LogP contribution in [0.3, 0.4) is 0 Å². The van der Waals surface area contributed by atoms with Crippen LogP contribution in [0.4, 0.5) is 0 Å². The molecule has 1 aromatic carbocycles. The van der Waals surface area contributed by atoms with Gasteiger partial charge in [-0.2, -0.15) is 0 Å². The summed E-state index contributed by atoms with van der Waals surface area (Å²) in [6, 6.07) is 3.70. The molecule has 2 amide bonds. The number of hydrogen-bond donors (Lipinski definition) is 2. The van der Waals surface area contributed by atoms with E-state index in [1.165, 1.54) is 18.1 Å². The smallest absolute Gasteiger partial charge is 0.305 e. The molecule has 0 saturated carbocycles. The topological polar surface area (TPSA) is 110 Å².